The predicted octanol–water partition coefficient (Wildman–Crippen LogP) is 1.67. The van der Waals surface area contributed by atoms with Gasteiger partial charge < -0.3 is 5.11 Å². The van der Waals surface area contributed by atoms with Crippen molar-refractivity contribution in [3.63, 3.8) is 0 Å². The number of ketones is 2. The maximum atomic E-state index is 11.6. The van der Waals surface area contributed by atoms with Crippen LogP contribution in [0.15, 0.2) is 0 Å². The Bertz CT molecular complexity index is 300. The molecule has 0 heterocycles. The van der Waals surface area contributed by atoms with Crippen LogP contribution < -0.4 is 0 Å². The number of hydrogen-bond donors (Lipinski definition) is 1. The Kier molecular flexibility index (Phi) is 6.17. The largest absolute Gasteiger partial charge is 0.481 e. The van der Waals surface area contributed by atoms with Crippen LogP contribution >= 0.6 is 0 Å². The van der Waals surface area contributed by atoms with Crippen LogP contribution in [0.3, 0.4) is 0 Å². The van der Waals surface area contributed by atoms with E-state index in [1.165, 1.54) is 13.8 Å². The molecule has 0 rings (SSSR count). The zero-order valence-corrected chi connectivity index (χ0v) is 11.2. The van der Waals surface area contributed by atoms with E-state index in [-0.39, 0.29) is 28.7 Å². The fourth-order valence-corrected chi connectivity index (χ4v) is 0.751. The predicted molar refractivity (Wildman–Crippen MR) is 55.5 cm³/mol. The van der Waals surface area contributed by atoms with E-state index < -0.39 is 22.6 Å². The maximum absolute atomic E-state index is 11.6. The first-order valence-electron chi connectivity index (χ1n) is 4.79. The molecular formula is C11H18NiO4. The van der Waals surface area contributed by atoms with Crippen LogP contribution in [0.1, 0.15) is 41.0 Å². The SMILES string of the molecule is CC(C)(C)C(=O)CC(=O)C(C)(C)C(=O)O.[Ni]. The van der Waals surface area contributed by atoms with E-state index in [1.54, 1.807) is 20.8 Å². The van der Waals surface area contributed by atoms with Gasteiger partial charge in [0.1, 0.15) is 11.2 Å². The van der Waals surface area contributed by atoms with Gasteiger partial charge in [-0.05, 0) is 13.8 Å². The number of carboxylic acid groups (broad SMARTS) is 1. The Morgan fingerprint density at radius 3 is 1.56 bits per heavy atom. The molecular weight excluding hydrogens is 255 g/mol. The first kappa shape index (κ1) is 17.7. The van der Waals surface area contributed by atoms with Crippen molar-refractivity contribution in [2.24, 2.45) is 10.8 Å². The fourth-order valence-electron chi connectivity index (χ4n) is 0.751. The number of Topliss-reactive ketones (excluding diaryl/α,β-unsaturated/α-hetero) is 2. The summed E-state index contributed by atoms with van der Waals surface area (Å²) in [6.45, 7) is 7.74. The molecule has 96 valence electrons. The van der Waals surface area contributed by atoms with Crippen LogP contribution in [0.5, 0.6) is 0 Å². The van der Waals surface area contributed by atoms with Crippen LogP contribution in [0.25, 0.3) is 0 Å². The van der Waals surface area contributed by atoms with E-state index in [0.29, 0.717) is 0 Å². The summed E-state index contributed by atoms with van der Waals surface area (Å²) in [7, 11) is 0. The Hall–Kier alpha value is -0.696. The van der Waals surface area contributed by atoms with Crippen molar-refractivity contribution >= 4 is 17.5 Å². The Morgan fingerprint density at radius 1 is 0.938 bits per heavy atom. The molecule has 0 unspecified atom stereocenters. The van der Waals surface area contributed by atoms with Gasteiger partial charge in [0.25, 0.3) is 0 Å². The van der Waals surface area contributed by atoms with Crippen LogP contribution in [0.2, 0.25) is 0 Å². The topological polar surface area (TPSA) is 71.4 Å². The molecule has 0 bridgehead atoms. The van der Waals surface area contributed by atoms with Gasteiger partial charge >= 0.3 is 5.97 Å². The minimum atomic E-state index is -1.49. The molecule has 0 aromatic rings. The zero-order valence-electron chi connectivity index (χ0n) is 10.2. The summed E-state index contributed by atoms with van der Waals surface area (Å²) < 4.78 is 0. The van der Waals surface area contributed by atoms with Gasteiger partial charge in [-0.3, -0.25) is 14.4 Å². The third-order valence-corrected chi connectivity index (χ3v) is 2.39. The normalized spacial score (nSPS) is 11.6. The van der Waals surface area contributed by atoms with Crippen LogP contribution in [-0.2, 0) is 30.9 Å². The molecule has 4 nitrogen and oxygen atoms in total. The van der Waals surface area contributed by atoms with Crippen LogP contribution in [-0.4, -0.2) is 22.6 Å². The van der Waals surface area contributed by atoms with Crippen LogP contribution in [0, 0.1) is 10.8 Å². The van der Waals surface area contributed by atoms with E-state index in [0.717, 1.165) is 0 Å². The first-order valence-corrected chi connectivity index (χ1v) is 4.79. The minimum Gasteiger partial charge on any atom is -0.481 e. The third kappa shape index (κ3) is 4.44. The number of carboxylic acids is 1. The Morgan fingerprint density at radius 2 is 1.31 bits per heavy atom. The summed E-state index contributed by atoms with van der Waals surface area (Å²) in [5, 5.41) is 8.80. The van der Waals surface area contributed by atoms with Crippen molar-refractivity contribution in [2.75, 3.05) is 0 Å². The zero-order chi connectivity index (χ0) is 12.4. The van der Waals surface area contributed by atoms with Crippen LogP contribution in [0.4, 0.5) is 0 Å². The number of carbonyl (C=O) groups excluding carboxylic acids is 2. The van der Waals surface area contributed by atoms with Gasteiger partial charge in [0.2, 0.25) is 0 Å². The smallest absolute Gasteiger partial charge is 0.316 e. The second-order valence-electron chi connectivity index (χ2n) is 5.20. The monoisotopic (exact) mass is 272 g/mol. The fraction of sp³-hybridized carbons (Fsp3) is 0.727. The van der Waals surface area contributed by atoms with Crippen molar-refractivity contribution in [1.29, 1.82) is 0 Å². The first-order chi connectivity index (χ1) is 6.49. The molecule has 0 saturated heterocycles. The molecule has 0 aliphatic rings. The van der Waals surface area contributed by atoms with Gasteiger partial charge in [-0.15, -0.1) is 0 Å². The average molecular weight is 273 g/mol. The third-order valence-electron chi connectivity index (χ3n) is 2.39. The van der Waals surface area contributed by atoms with Crippen molar-refractivity contribution in [1.82, 2.24) is 0 Å². The van der Waals surface area contributed by atoms with Gasteiger partial charge in [0.15, 0.2) is 5.78 Å². The Labute approximate surface area is 106 Å². The molecule has 0 atom stereocenters. The van der Waals surface area contributed by atoms with Crippen molar-refractivity contribution < 1.29 is 36.0 Å². The second-order valence-corrected chi connectivity index (χ2v) is 5.20. The summed E-state index contributed by atoms with van der Waals surface area (Å²) in [6.07, 6.45) is -0.317. The van der Waals surface area contributed by atoms with Crippen molar-refractivity contribution in [3.05, 3.63) is 0 Å². The second kappa shape index (κ2) is 5.58. The minimum absolute atomic E-state index is 0. The molecule has 0 aromatic heterocycles. The molecule has 0 aliphatic carbocycles. The molecule has 0 saturated carbocycles. The summed E-state index contributed by atoms with van der Waals surface area (Å²) in [6, 6.07) is 0. The molecule has 0 fully saturated rings. The van der Waals surface area contributed by atoms with Gasteiger partial charge in [-0.2, -0.15) is 0 Å². The summed E-state index contributed by atoms with van der Waals surface area (Å²) in [4.78, 5) is 33.9. The number of rotatable bonds is 4. The molecule has 1 N–H and O–H groups in total. The quantitative estimate of drug-likeness (QED) is 0.624. The van der Waals surface area contributed by atoms with Crippen molar-refractivity contribution in [3.8, 4) is 0 Å². The number of hydrogen-bond acceptors (Lipinski definition) is 3. The molecule has 5 heteroatoms. The van der Waals surface area contributed by atoms with Crippen molar-refractivity contribution in [2.45, 2.75) is 41.0 Å². The number of carbonyl (C=O) groups is 3. The van der Waals surface area contributed by atoms with Gasteiger partial charge in [-0.1, -0.05) is 20.8 Å². The molecule has 0 aliphatic heterocycles. The van der Waals surface area contributed by atoms with Gasteiger partial charge in [-0.25, -0.2) is 0 Å². The maximum Gasteiger partial charge on any atom is 0.316 e. The van der Waals surface area contributed by atoms with Gasteiger partial charge in [0, 0.05) is 21.9 Å². The summed E-state index contributed by atoms with van der Waals surface area (Å²) >= 11 is 0. The van der Waals surface area contributed by atoms with E-state index in [9.17, 15) is 14.4 Å². The molecule has 0 amide bonds. The summed E-state index contributed by atoms with van der Waals surface area (Å²) in [5.41, 5.74) is -2.09. The Balaban J connectivity index is 0. The molecule has 16 heavy (non-hydrogen) atoms. The molecule has 0 spiro atoms. The molecule has 0 radical (unpaired) electrons. The summed E-state index contributed by atoms with van der Waals surface area (Å²) in [5.74, 6) is -1.98. The molecule has 0 aromatic carbocycles. The van der Waals surface area contributed by atoms with E-state index in [1.807, 2.05) is 0 Å². The van der Waals surface area contributed by atoms with E-state index in [2.05, 4.69) is 0 Å². The number of aliphatic carboxylic acids is 1. The van der Waals surface area contributed by atoms with E-state index >= 15 is 0 Å². The van der Waals surface area contributed by atoms with E-state index in [4.69, 9.17) is 5.11 Å². The standard InChI is InChI=1S/C11H18O4.Ni/c1-10(2,3)7(12)6-8(13)11(4,5)9(14)15;/h6H2,1-5H3,(H,14,15);. The van der Waals surface area contributed by atoms with Gasteiger partial charge in [0.05, 0.1) is 6.42 Å². The average Bonchev–Trinajstić information content (AvgIpc) is 2.01.